The Hall–Kier alpha value is -1.02. The van der Waals surface area contributed by atoms with Crippen molar-refractivity contribution < 1.29 is 4.74 Å². The van der Waals surface area contributed by atoms with Gasteiger partial charge in [-0.15, -0.1) is 0 Å². The van der Waals surface area contributed by atoms with Gasteiger partial charge in [0.05, 0.1) is 0 Å². The van der Waals surface area contributed by atoms with Crippen LogP contribution in [0.1, 0.15) is 44.6 Å². The highest BCUT2D eigenvalue weighted by atomic mass is 16.5. The number of ether oxygens (including phenoxy) is 1. The average Bonchev–Trinajstić information content (AvgIpc) is 2.55. The normalized spacial score (nSPS) is 25.3. The van der Waals surface area contributed by atoms with Crippen LogP contribution < -0.4 is 10.5 Å². The number of nitrogens with two attached hydrogens (primary N) is 1. The van der Waals surface area contributed by atoms with Crippen molar-refractivity contribution in [2.45, 2.75) is 57.6 Å². The molecule has 2 unspecified atom stereocenters. The van der Waals surface area contributed by atoms with E-state index >= 15 is 0 Å². The Bertz CT molecular complexity index is 351. The molecule has 17 heavy (non-hydrogen) atoms. The maximum absolute atomic E-state index is 6.17. The van der Waals surface area contributed by atoms with E-state index in [1.807, 2.05) is 6.07 Å². The van der Waals surface area contributed by atoms with Gasteiger partial charge in [-0.1, -0.05) is 31.9 Å². The van der Waals surface area contributed by atoms with Gasteiger partial charge >= 0.3 is 0 Å². The summed E-state index contributed by atoms with van der Waals surface area (Å²) in [5, 5.41) is 0. The molecule has 0 radical (unpaired) electrons. The first-order chi connectivity index (χ1) is 8.29. The molecule has 1 aromatic carbocycles. The third-order valence-electron chi connectivity index (χ3n) is 3.60. The van der Waals surface area contributed by atoms with E-state index in [-0.39, 0.29) is 12.1 Å². The summed E-state index contributed by atoms with van der Waals surface area (Å²) in [5.41, 5.74) is 7.50. The monoisotopic (exact) mass is 233 g/mol. The van der Waals surface area contributed by atoms with Crippen LogP contribution in [0.25, 0.3) is 0 Å². The van der Waals surface area contributed by atoms with Crippen LogP contribution in [0.3, 0.4) is 0 Å². The van der Waals surface area contributed by atoms with Crippen LogP contribution in [-0.2, 0) is 6.42 Å². The standard InChI is InChI=1S/C15H23NO/c1-2-12-7-6-8-13(11-12)17-15-10-5-3-4-9-14(15)16/h6-8,11,14-15H,2-5,9-10,16H2,1H3. The molecule has 1 aliphatic rings. The summed E-state index contributed by atoms with van der Waals surface area (Å²) in [7, 11) is 0. The van der Waals surface area contributed by atoms with Crippen molar-refractivity contribution in [3.05, 3.63) is 29.8 Å². The van der Waals surface area contributed by atoms with Crippen LogP contribution in [0, 0.1) is 0 Å². The predicted molar refractivity (Wildman–Crippen MR) is 71.3 cm³/mol. The molecule has 94 valence electrons. The van der Waals surface area contributed by atoms with Gasteiger partial charge in [0.2, 0.25) is 0 Å². The lowest BCUT2D eigenvalue weighted by atomic mass is 10.1. The molecule has 2 atom stereocenters. The second-order valence-corrected chi connectivity index (χ2v) is 4.96. The molecule has 1 saturated carbocycles. The zero-order chi connectivity index (χ0) is 12.1. The van der Waals surface area contributed by atoms with E-state index in [1.165, 1.54) is 24.8 Å². The van der Waals surface area contributed by atoms with E-state index in [9.17, 15) is 0 Å². The molecule has 1 fully saturated rings. The molecule has 0 aliphatic heterocycles. The highest BCUT2D eigenvalue weighted by Gasteiger charge is 2.21. The fourth-order valence-electron chi connectivity index (χ4n) is 2.46. The molecule has 0 heterocycles. The Labute approximate surface area is 104 Å². The van der Waals surface area contributed by atoms with E-state index in [1.54, 1.807) is 0 Å². The predicted octanol–water partition coefficient (Wildman–Crippen LogP) is 3.29. The Kier molecular flexibility index (Phi) is 4.43. The lowest BCUT2D eigenvalue weighted by Crippen LogP contribution is -2.37. The summed E-state index contributed by atoms with van der Waals surface area (Å²) >= 11 is 0. The molecule has 2 nitrogen and oxygen atoms in total. The average molecular weight is 233 g/mol. The Morgan fingerprint density at radius 2 is 2.06 bits per heavy atom. The fourth-order valence-corrected chi connectivity index (χ4v) is 2.46. The summed E-state index contributed by atoms with van der Waals surface area (Å²) in [4.78, 5) is 0. The molecule has 0 bridgehead atoms. The van der Waals surface area contributed by atoms with E-state index in [4.69, 9.17) is 10.5 Å². The van der Waals surface area contributed by atoms with Crippen molar-refractivity contribution in [2.75, 3.05) is 0 Å². The van der Waals surface area contributed by atoms with Crippen molar-refractivity contribution in [2.24, 2.45) is 5.73 Å². The van der Waals surface area contributed by atoms with Gasteiger partial charge in [-0.05, 0) is 43.4 Å². The van der Waals surface area contributed by atoms with Gasteiger partial charge in [0.1, 0.15) is 11.9 Å². The highest BCUT2D eigenvalue weighted by Crippen LogP contribution is 2.23. The van der Waals surface area contributed by atoms with Gasteiger partial charge in [-0.3, -0.25) is 0 Å². The van der Waals surface area contributed by atoms with Gasteiger partial charge in [0.15, 0.2) is 0 Å². The van der Waals surface area contributed by atoms with Gasteiger partial charge in [-0.2, -0.15) is 0 Å². The second-order valence-electron chi connectivity index (χ2n) is 4.96. The molecule has 0 amide bonds. The maximum atomic E-state index is 6.17. The van der Waals surface area contributed by atoms with Crippen LogP contribution in [0.5, 0.6) is 5.75 Å². The minimum atomic E-state index is 0.197. The lowest BCUT2D eigenvalue weighted by Gasteiger charge is -2.23. The second kappa shape index (κ2) is 6.06. The van der Waals surface area contributed by atoms with Crippen molar-refractivity contribution in [3.8, 4) is 5.75 Å². The van der Waals surface area contributed by atoms with E-state index in [2.05, 4.69) is 25.1 Å². The van der Waals surface area contributed by atoms with Crippen LogP contribution in [0.2, 0.25) is 0 Å². The number of aryl methyl sites for hydroxylation is 1. The number of benzene rings is 1. The van der Waals surface area contributed by atoms with Crippen molar-refractivity contribution in [1.82, 2.24) is 0 Å². The molecule has 0 saturated heterocycles. The zero-order valence-electron chi connectivity index (χ0n) is 10.7. The largest absolute Gasteiger partial charge is 0.489 e. The van der Waals surface area contributed by atoms with Gasteiger partial charge in [0.25, 0.3) is 0 Å². The van der Waals surface area contributed by atoms with E-state index < -0.39 is 0 Å². The first-order valence-electron chi connectivity index (χ1n) is 6.81. The summed E-state index contributed by atoms with van der Waals surface area (Å²) in [6.45, 7) is 2.16. The van der Waals surface area contributed by atoms with E-state index in [0.29, 0.717) is 0 Å². The summed E-state index contributed by atoms with van der Waals surface area (Å²) in [5.74, 6) is 0.978. The first kappa shape index (κ1) is 12.4. The van der Waals surface area contributed by atoms with Crippen LogP contribution in [-0.4, -0.2) is 12.1 Å². The molecule has 2 rings (SSSR count). The number of hydrogen-bond donors (Lipinski definition) is 1. The molecule has 2 heteroatoms. The smallest absolute Gasteiger partial charge is 0.120 e. The molecule has 0 spiro atoms. The molecular weight excluding hydrogens is 210 g/mol. The third kappa shape index (κ3) is 3.47. The van der Waals surface area contributed by atoms with Gasteiger partial charge in [0, 0.05) is 6.04 Å². The number of hydrogen-bond acceptors (Lipinski definition) is 2. The summed E-state index contributed by atoms with van der Waals surface area (Å²) in [6, 6.07) is 8.58. The molecule has 1 aromatic rings. The van der Waals surface area contributed by atoms with Gasteiger partial charge < -0.3 is 10.5 Å². The fraction of sp³-hybridized carbons (Fsp3) is 0.600. The summed E-state index contributed by atoms with van der Waals surface area (Å²) in [6.07, 6.45) is 7.22. The Morgan fingerprint density at radius 1 is 1.24 bits per heavy atom. The number of rotatable bonds is 3. The van der Waals surface area contributed by atoms with Crippen molar-refractivity contribution >= 4 is 0 Å². The Balaban J connectivity index is 2.02. The summed E-state index contributed by atoms with van der Waals surface area (Å²) < 4.78 is 6.07. The molecule has 2 N–H and O–H groups in total. The van der Waals surface area contributed by atoms with Crippen LogP contribution in [0.15, 0.2) is 24.3 Å². The topological polar surface area (TPSA) is 35.2 Å². The van der Waals surface area contributed by atoms with Crippen molar-refractivity contribution in [3.63, 3.8) is 0 Å². The third-order valence-corrected chi connectivity index (χ3v) is 3.60. The molecule has 0 aromatic heterocycles. The SMILES string of the molecule is CCc1cccc(OC2CCCCCC2N)c1. The van der Waals surface area contributed by atoms with Crippen LogP contribution in [0.4, 0.5) is 0 Å². The highest BCUT2D eigenvalue weighted by molar-refractivity contribution is 5.28. The minimum absolute atomic E-state index is 0.197. The van der Waals surface area contributed by atoms with Crippen molar-refractivity contribution in [1.29, 1.82) is 0 Å². The van der Waals surface area contributed by atoms with Crippen LogP contribution >= 0.6 is 0 Å². The molecular formula is C15H23NO. The Morgan fingerprint density at radius 3 is 2.88 bits per heavy atom. The lowest BCUT2D eigenvalue weighted by molar-refractivity contribution is 0.162. The molecule has 1 aliphatic carbocycles. The quantitative estimate of drug-likeness (QED) is 0.813. The minimum Gasteiger partial charge on any atom is -0.489 e. The maximum Gasteiger partial charge on any atom is 0.120 e. The van der Waals surface area contributed by atoms with Gasteiger partial charge in [-0.25, -0.2) is 0 Å². The van der Waals surface area contributed by atoms with E-state index in [0.717, 1.165) is 25.0 Å². The zero-order valence-corrected chi connectivity index (χ0v) is 10.7. The first-order valence-corrected chi connectivity index (χ1v) is 6.81.